The molecule has 0 radical (unpaired) electrons. The van der Waals surface area contributed by atoms with Crippen LogP contribution in [0.25, 0.3) is 5.95 Å². The molecular weight excluding hydrogens is 244 g/mol. The Labute approximate surface area is 111 Å². The van der Waals surface area contributed by atoms with Gasteiger partial charge < -0.3 is 5.32 Å². The second-order valence-electron chi connectivity index (χ2n) is 4.76. The van der Waals surface area contributed by atoms with Crippen molar-refractivity contribution in [3.8, 4) is 5.95 Å². The van der Waals surface area contributed by atoms with E-state index in [1.807, 2.05) is 0 Å². The SMILES string of the molecule is CCC(C)(C)Nc1nc(NN)nc(-n2ccnc2)n1. The number of hydrazine groups is 1. The number of nitrogen functional groups attached to an aromatic ring is 1. The monoisotopic (exact) mass is 262 g/mol. The summed E-state index contributed by atoms with van der Waals surface area (Å²) in [5.41, 5.74) is 2.33. The number of hydrogen-bond acceptors (Lipinski definition) is 7. The molecule has 2 aromatic heterocycles. The number of nitrogens with zero attached hydrogens (tertiary/aromatic N) is 5. The van der Waals surface area contributed by atoms with Crippen molar-refractivity contribution in [2.75, 3.05) is 10.7 Å². The van der Waals surface area contributed by atoms with E-state index < -0.39 is 0 Å². The first-order chi connectivity index (χ1) is 9.04. The fraction of sp³-hybridized carbons (Fsp3) is 0.455. The van der Waals surface area contributed by atoms with Crippen LogP contribution in [-0.4, -0.2) is 30.0 Å². The normalized spacial score (nSPS) is 11.4. The summed E-state index contributed by atoms with van der Waals surface area (Å²) >= 11 is 0. The summed E-state index contributed by atoms with van der Waals surface area (Å²) in [5, 5.41) is 3.25. The zero-order valence-electron chi connectivity index (χ0n) is 11.3. The quantitative estimate of drug-likeness (QED) is 0.544. The smallest absolute Gasteiger partial charge is 0.243 e. The van der Waals surface area contributed by atoms with Crippen molar-refractivity contribution in [2.24, 2.45) is 5.84 Å². The number of rotatable bonds is 5. The van der Waals surface area contributed by atoms with Gasteiger partial charge in [0.1, 0.15) is 6.33 Å². The highest BCUT2D eigenvalue weighted by molar-refractivity contribution is 5.38. The lowest BCUT2D eigenvalue weighted by atomic mass is 10.0. The van der Waals surface area contributed by atoms with Gasteiger partial charge in [-0.15, -0.1) is 0 Å². The van der Waals surface area contributed by atoms with Gasteiger partial charge in [0.15, 0.2) is 0 Å². The van der Waals surface area contributed by atoms with Crippen LogP contribution in [0.3, 0.4) is 0 Å². The molecular formula is C11H18N8. The van der Waals surface area contributed by atoms with Gasteiger partial charge in [0, 0.05) is 17.9 Å². The van der Waals surface area contributed by atoms with Crippen LogP contribution in [0.1, 0.15) is 27.2 Å². The Hall–Kier alpha value is -2.22. The van der Waals surface area contributed by atoms with Crippen molar-refractivity contribution in [2.45, 2.75) is 32.7 Å². The molecule has 0 bridgehead atoms. The minimum Gasteiger partial charge on any atom is -0.349 e. The van der Waals surface area contributed by atoms with Gasteiger partial charge in [-0.25, -0.2) is 10.8 Å². The van der Waals surface area contributed by atoms with Crippen LogP contribution in [0.5, 0.6) is 0 Å². The van der Waals surface area contributed by atoms with Crippen molar-refractivity contribution in [1.82, 2.24) is 24.5 Å². The van der Waals surface area contributed by atoms with Crippen LogP contribution in [0.4, 0.5) is 11.9 Å². The number of nitrogens with one attached hydrogen (secondary N) is 2. The molecule has 0 aromatic carbocycles. The van der Waals surface area contributed by atoms with Gasteiger partial charge in [0.2, 0.25) is 17.8 Å². The number of nitrogens with two attached hydrogens (primary N) is 1. The van der Waals surface area contributed by atoms with Crippen LogP contribution >= 0.6 is 0 Å². The maximum Gasteiger partial charge on any atom is 0.243 e. The summed E-state index contributed by atoms with van der Waals surface area (Å²) < 4.78 is 1.69. The lowest BCUT2D eigenvalue weighted by Crippen LogP contribution is -2.31. The topological polar surface area (TPSA) is 107 Å². The first-order valence-corrected chi connectivity index (χ1v) is 6.03. The Bertz CT molecular complexity index is 534. The second kappa shape index (κ2) is 5.19. The van der Waals surface area contributed by atoms with Crippen molar-refractivity contribution in [3.05, 3.63) is 18.7 Å². The van der Waals surface area contributed by atoms with E-state index in [1.165, 1.54) is 0 Å². The Kier molecular flexibility index (Phi) is 3.61. The van der Waals surface area contributed by atoms with Crippen molar-refractivity contribution in [3.63, 3.8) is 0 Å². The number of anilines is 2. The van der Waals surface area contributed by atoms with Gasteiger partial charge >= 0.3 is 0 Å². The second-order valence-corrected chi connectivity index (χ2v) is 4.76. The van der Waals surface area contributed by atoms with E-state index in [0.29, 0.717) is 17.8 Å². The van der Waals surface area contributed by atoms with Crippen LogP contribution in [0.2, 0.25) is 0 Å². The molecule has 0 aliphatic rings. The lowest BCUT2D eigenvalue weighted by molar-refractivity contribution is 0.541. The summed E-state index contributed by atoms with van der Waals surface area (Å²) in [6.45, 7) is 6.24. The third-order valence-corrected chi connectivity index (χ3v) is 2.82. The molecule has 2 heterocycles. The van der Waals surface area contributed by atoms with E-state index in [1.54, 1.807) is 23.3 Å². The predicted octanol–water partition coefficient (Wildman–Crippen LogP) is 0.943. The highest BCUT2D eigenvalue weighted by Gasteiger charge is 2.17. The maximum absolute atomic E-state index is 5.38. The average molecular weight is 262 g/mol. The van der Waals surface area contributed by atoms with E-state index in [9.17, 15) is 0 Å². The molecule has 0 fully saturated rings. The highest BCUT2D eigenvalue weighted by atomic mass is 15.4. The van der Waals surface area contributed by atoms with Crippen molar-refractivity contribution in [1.29, 1.82) is 0 Å². The predicted molar refractivity (Wildman–Crippen MR) is 72.8 cm³/mol. The molecule has 0 saturated heterocycles. The zero-order valence-corrected chi connectivity index (χ0v) is 11.3. The summed E-state index contributed by atoms with van der Waals surface area (Å²) in [6, 6.07) is 0. The molecule has 0 aliphatic heterocycles. The Morgan fingerprint density at radius 3 is 2.58 bits per heavy atom. The van der Waals surface area contributed by atoms with Crippen molar-refractivity contribution < 1.29 is 0 Å². The third kappa shape index (κ3) is 3.16. The molecule has 0 aliphatic carbocycles. The minimum atomic E-state index is -0.112. The van der Waals surface area contributed by atoms with Gasteiger partial charge in [-0.2, -0.15) is 15.0 Å². The van der Waals surface area contributed by atoms with E-state index in [0.717, 1.165) is 6.42 Å². The molecule has 0 atom stereocenters. The maximum atomic E-state index is 5.38. The lowest BCUT2D eigenvalue weighted by Gasteiger charge is -2.24. The van der Waals surface area contributed by atoms with E-state index in [2.05, 4.69) is 51.4 Å². The van der Waals surface area contributed by atoms with Crippen LogP contribution < -0.4 is 16.6 Å². The number of aromatic nitrogens is 5. The molecule has 0 unspecified atom stereocenters. The zero-order chi connectivity index (χ0) is 13.9. The third-order valence-electron chi connectivity index (χ3n) is 2.82. The van der Waals surface area contributed by atoms with E-state index in [4.69, 9.17) is 5.84 Å². The molecule has 4 N–H and O–H groups in total. The average Bonchev–Trinajstić information content (AvgIpc) is 2.91. The molecule has 102 valence electrons. The summed E-state index contributed by atoms with van der Waals surface area (Å²) in [5.74, 6) is 6.61. The van der Waals surface area contributed by atoms with E-state index in [-0.39, 0.29) is 5.54 Å². The molecule has 0 saturated carbocycles. The van der Waals surface area contributed by atoms with Gasteiger partial charge in [0.05, 0.1) is 0 Å². The van der Waals surface area contributed by atoms with Crippen molar-refractivity contribution >= 4 is 11.9 Å². The molecule has 0 amide bonds. The van der Waals surface area contributed by atoms with Crippen LogP contribution in [-0.2, 0) is 0 Å². The molecule has 2 aromatic rings. The largest absolute Gasteiger partial charge is 0.349 e. The summed E-state index contributed by atoms with van der Waals surface area (Å²) in [7, 11) is 0. The van der Waals surface area contributed by atoms with E-state index >= 15 is 0 Å². The first kappa shape index (κ1) is 13.2. The number of imidazole rings is 1. The Balaban J connectivity index is 2.37. The first-order valence-electron chi connectivity index (χ1n) is 6.03. The molecule has 2 rings (SSSR count). The molecule has 19 heavy (non-hydrogen) atoms. The standard InChI is InChI=1S/C11H18N8/c1-4-11(2,3)17-8-14-9(18-12)16-10(15-8)19-6-5-13-7-19/h5-7H,4,12H2,1-3H3,(H2,14,15,16,17,18). The van der Waals surface area contributed by atoms with Gasteiger partial charge in [-0.05, 0) is 20.3 Å². The molecule has 0 spiro atoms. The fourth-order valence-corrected chi connectivity index (χ4v) is 1.37. The van der Waals surface area contributed by atoms with Gasteiger partial charge in [-0.1, -0.05) is 6.92 Å². The summed E-state index contributed by atoms with van der Waals surface area (Å²) in [6.07, 6.45) is 5.96. The Morgan fingerprint density at radius 2 is 2.00 bits per heavy atom. The van der Waals surface area contributed by atoms with Gasteiger partial charge in [-0.3, -0.25) is 9.99 Å². The molecule has 8 heteroatoms. The Morgan fingerprint density at radius 1 is 1.26 bits per heavy atom. The minimum absolute atomic E-state index is 0.112. The highest BCUT2D eigenvalue weighted by Crippen LogP contribution is 2.16. The van der Waals surface area contributed by atoms with Crippen LogP contribution in [0, 0.1) is 0 Å². The number of hydrogen-bond donors (Lipinski definition) is 3. The van der Waals surface area contributed by atoms with Gasteiger partial charge in [0.25, 0.3) is 0 Å². The van der Waals surface area contributed by atoms with Crippen LogP contribution in [0.15, 0.2) is 18.7 Å². The fourth-order valence-electron chi connectivity index (χ4n) is 1.37. The summed E-state index contributed by atoms with van der Waals surface area (Å²) in [4.78, 5) is 16.7. The molecule has 8 nitrogen and oxygen atoms in total.